The largest absolute Gasteiger partial charge is 0.493 e. The molecule has 5 heteroatoms. The van der Waals surface area contributed by atoms with Gasteiger partial charge in [-0.1, -0.05) is 27.5 Å². The summed E-state index contributed by atoms with van der Waals surface area (Å²) in [6, 6.07) is 12.1. The second kappa shape index (κ2) is 5.96. The van der Waals surface area contributed by atoms with Crippen molar-refractivity contribution in [2.75, 3.05) is 11.9 Å². The Kier molecular flexibility index (Phi) is 4.24. The quantitative estimate of drug-likeness (QED) is 0.667. The molecule has 0 amide bonds. The lowest BCUT2D eigenvalue weighted by atomic mass is 10.0. The van der Waals surface area contributed by atoms with Crippen molar-refractivity contribution in [1.82, 2.24) is 0 Å². The SMILES string of the molecule is Clc1ccc(Br)c(NC2CCOc3ccc(Br)cc32)c1. The van der Waals surface area contributed by atoms with E-state index in [4.69, 9.17) is 16.3 Å². The van der Waals surface area contributed by atoms with Gasteiger partial charge in [-0.25, -0.2) is 0 Å². The van der Waals surface area contributed by atoms with E-state index in [1.54, 1.807) is 0 Å². The Bertz CT molecular complexity index is 648. The fourth-order valence-electron chi connectivity index (χ4n) is 2.31. The molecule has 0 aromatic heterocycles. The average molecular weight is 418 g/mol. The van der Waals surface area contributed by atoms with Crippen LogP contribution in [-0.4, -0.2) is 6.61 Å². The molecule has 0 saturated heterocycles. The van der Waals surface area contributed by atoms with E-state index in [2.05, 4.69) is 43.2 Å². The maximum Gasteiger partial charge on any atom is 0.124 e. The second-order valence-corrected chi connectivity index (χ2v) is 6.85. The van der Waals surface area contributed by atoms with E-state index >= 15 is 0 Å². The summed E-state index contributed by atoms with van der Waals surface area (Å²) in [6.45, 7) is 0.713. The summed E-state index contributed by atoms with van der Waals surface area (Å²) in [6.07, 6.45) is 0.919. The third-order valence-electron chi connectivity index (χ3n) is 3.27. The molecule has 1 aliphatic rings. The number of ether oxygens (including phenoxy) is 1. The summed E-state index contributed by atoms with van der Waals surface area (Å²) in [5.41, 5.74) is 2.16. The maximum atomic E-state index is 6.07. The first-order chi connectivity index (χ1) is 9.63. The van der Waals surface area contributed by atoms with Gasteiger partial charge in [0.25, 0.3) is 0 Å². The summed E-state index contributed by atoms with van der Waals surface area (Å²) in [4.78, 5) is 0. The van der Waals surface area contributed by atoms with E-state index in [1.165, 1.54) is 0 Å². The van der Waals surface area contributed by atoms with Gasteiger partial charge in [0.15, 0.2) is 0 Å². The highest BCUT2D eigenvalue weighted by atomic mass is 79.9. The lowest BCUT2D eigenvalue weighted by molar-refractivity contribution is 0.274. The highest BCUT2D eigenvalue weighted by Gasteiger charge is 2.22. The standard InChI is InChI=1S/C15H12Br2ClNO/c16-9-1-4-15-11(7-9)13(5-6-20-15)19-14-8-10(18)2-3-12(14)17/h1-4,7-8,13,19H,5-6H2. The molecule has 0 bridgehead atoms. The van der Waals surface area contributed by atoms with Crippen LogP contribution in [0.1, 0.15) is 18.0 Å². The van der Waals surface area contributed by atoms with Gasteiger partial charge in [-0.2, -0.15) is 0 Å². The molecule has 2 nitrogen and oxygen atoms in total. The summed E-state index contributed by atoms with van der Waals surface area (Å²) < 4.78 is 7.76. The van der Waals surface area contributed by atoms with Gasteiger partial charge in [-0.3, -0.25) is 0 Å². The van der Waals surface area contributed by atoms with Crippen LogP contribution in [0.15, 0.2) is 45.3 Å². The molecule has 0 saturated carbocycles. The first-order valence-corrected chi connectivity index (χ1v) is 8.24. The molecule has 1 aliphatic heterocycles. The number of hydrogen-bond acceptors (Lipinski definition) is 2. The van der Waals surface area contributed by atoms with Crippen molar-refractivity contribution in [2.45, 2.75) is 12.5 Å². The number of hydrogen-bond donors (Lipinski definition) is 1. The van der Waals surface area contributed by atoms with Crippen LogP contribution in [0, 0.1) is 0 Å². The Labute approximate surface area is 139 Å². The lowest BCUT2D eigenvalue weighted by Gasteiger charge is -2.28. The fourth-order valence-corrected chi connectivity index (χ4v) is 3.22. The van der Waals surface area contributed by atoms with Gasteiger partial charge in [-0.05, 0) is 52.3 Å². The van der Waals surface area contributed by atoms with E-state index in [-0.39, 0.29) is 6.04 Å². The molecule has 20 heavy (non-hydrogen) atoms. The smallest absolute Gasteiger partial charge is 0.124 e. The van der Waals surface area contributed by atoms with Crippen molar-refractivity contribution in [3.63, 3.8) is 0 Å². The van der Waals surface area contributed by atoms with Crippen LogP contribution >= 0.6 is 43.5 Å². The predicted molar refractivity (Wildman–Crippen MR) is 89.8 cm³/mol. The van der Waals surface area contributed by atoms with Crippen molar-refractivity contribution in [1.29, 1.82) is 0 Å². The van der Waals surface area contributed by atoms with Gasteiger partial charge in [0.05, 0.1) is 18.3 Å². The fraction of sp³-hybridized carbons (Fsp3) is 0.200. The van der Waals surface area contributed by atoms with Crippen molar-refractivity contribution >= 4 is 49.1 Å². The second-order valence-electron chi connectivity index (χ2n) is 4.64. The zero-order valence-electron chi connectivity index (χ0n) is 10.5. The zero-order valence-corrected chi connectivity index (χ0v) is 14.4. The van der Waals surface area contributed by atoms with Crippen molar-refractivity contribution < 1.29 is 4.74 Å². The molecule has 1 heterocycles. The molecule has 2 aromatic rings. The van der Waals surface area contributed by atoms with E-state index in [9.17, 15) is 0 Å². The highest BCUT2D eigenvalue weighted by molar-refractivity contribution is 9.10. The topological polar surface area (TPSA) is 21.3 Å². The van der Waals surface area contributed by atoms with Crippen molar-refractivity contribution in [3.8, 4) is 5.75 Å². The number of rotatable bonds is 2. The van der Waals surface area contributed by atoms with Crippen LogP contribution in [0.2, 0.25) is 5.02 Å². The molecule has 3 rings (SSSR count). The Balaban J connectivity index is 1.93. The van der Waals surface area contributed by atoms with E-state index in [0.717, 1.165) is 37.4 Å². The van der Waals surface area contributed by atoms with Crippen molar-refractivity contribution in [2.24, 2.45) is 0 Å². The minimum absolute atomic E-state index is 0.214. The number of anilines is 1. The minimum Gasteiger partial charge on any atom is -0.493 e. The molecule has 104 valence electrons. The van der Waals surface area contributed by atoms with Crippen LogP contribution in [0.5, 0.6) is 5.75 Å². The molecule has 1 atom stereocenters. The number of halogens is 3. The predicted octanol–water partition coefficient (Wildman–Crippen LogP) is 5.80. The number of nitrogens with one attached hydrogen (secondary N) is 1. The van der Waals surface area contributed by atoms with Gasteiger partial charge in [0.2, 0.25) is 0 Å². The molecule has 0 aliphatic carbocycles. The number of fused-ring (bicyclic) bond motifs is 1. The first-order valence-electron chi connectivity index (χ1n) is 6.27. The van der Waals surface area contributed by atoms with Crippen LogP contribution in [-0.2, 0) is 0 Å². The van der Waals surface area contributed by atoms with E-state index in [1.807, 2.05) is 30.3 Å². The normalized spacial score (nSPS) is 17.2. The molecule has 0 spiro atoms. The summed E-state index contributed by atoms with van der Waals surface area (Å²) in [5.74, 6) is 0.940. The molecule has 2 aromatic carbocycles. The van der Waals surface area contributed by atoms with Crippen LogP contribution in [0.3, 0.4) is 0 Å². The van der Waals surface area contributed by atoms with Gasteiger partial charge in [0, 0.05) is 26.0 Å². The van der Waals surface area contributed by atoms with Gasteiger partial charge in [0.1, 0.15) is 5.75 Å². The Morgan fingerprint density at radius 3 is 2.85 bits per heavy atom. The Morgan fingerprint density at radius 1 is 1.15 bits per heavy atom. The third kappa shape index (κ3) is 2.97. The molecule has 1 unspecified atom stereocenters. The third-order valence-corrected chi connectivity index (χ3v) is 4.69. The maximum absolute atomic E-state index is 6.07. The Hall–Kier alpha value is -0.710. The minimum atomic E-state index is 0.214. The monoisotopic (exact) mass is 415 g/mol. The zero-order chi connectivity index (χ0) is 14.1. The van der Waals surface area contributed by atoms with Crippen molar-refractivity contribution in [3.05, 3.63) is 55.9 Å². The highest BCUT2D eigenvalue weighted by Crippen LogP contribution is 2.38. The lowest BCUT2D eigenvalue weighted by Crippen LogP contribution is -2.20. The van der Waals surface area contributed by atoms with E-state index < -0.39 is 0 Å². The first kappa shape index (κ1) is 14.2. The van der Waals surface area contributed by atoms with Crippen LogP contribution < -0.4 is 10.1 Å². The molecule has 1 N–H and O–H groups in total. The summed E-state index contributed by atoms with van der Waals surface area (Å²) in [7, 11) is 0. The number of benzene rings is 2. The summed E-state index contributed by atoms with van der Waals surface area (Å²) >= 11 is 13.1. The molecule has 0 fully saturated rings. The molecular weight excluding hydrogens is 405 g/mol. The molecular formula is C15H12Br2ClNO. The van der Waals surface area contributed by atoms with E-state index in [0.29, 0.717) is 6.61 Å². The van der Waals surface area contributed by atoms with Crippen LogP contribution in [0.25, 0.3) is 0 Å². The van der Waals surface area contributed by atoms with Gasteiger partial charge in [-0.15, -0.1) is 0 Å². The average Bonchev–Trinajstić information content (AvgIpc) is 2.43. The molecule has 0 radical (unpaired) electrons. The summed E-state index contributed by atoms with van der Waals surface area (Å²) in [5, 5.41) is 4.26. The Morgan fingerprint density at radius 2 is 2.00 bits per heavy atom. The van der Waals surface area contributed by atoms with Gasteiger partial charge < -0.3 is 10.1 Å². The van der Waals surface area contributed by atoms with Crippen LogP contribution in [0.4, 0.5) is 5.69 Å². The van der Waals surface area contributed by atoms with Gasteiger partial charge >= 0.3 is 0 Å².